The van der Waals surface area contributed by atoms with Gasteiger partial charge in [0.2, 0.25) is 5.67 Å². The first kappa shape index (κ1) is 17.4. The Bertz CT molecular complexity index is 709. The van der Waals surface area contributed by atoms with Crippen LogP contribution in [0.2, 0.25) is 0 Å². The summed E-state index contributed by atoms with van der Waals surface area (Å²) in [5.74, 6) is 3.76. The minimum absolute atomic E-state index is 0.0126. The highest BCUT2D eigenvalue weighted by molar-refractivity contribution is 5.30. The van der Waals surface area contributed by atoms with Gasteiger partial charge < -0.3 is 20.7 Å². The molecule has 2 heterocycles. The zero-order valence-electron chi connectivity index (χ0n) is 13.2. The molecule has 4 N–H and O–H groups in total. The van der Waals surface area contributed by atoms with E-state index in [0.717, 1.165) is 4.57 Å². The van der Waals surface area contributed by atoms with E-state index >= 15 is 4.39 Å². The second-order valence-electron chi connectivity index (χ2n) is 5.60. The van der Waals surface area contributed by atoms with Crippen molar-refractivity contribution in [2.24, 2.45) is 5.92 Å². The number of aryl methyl sites for hydroxylation is 1. The van der Waals surface area contributed by atoms with Gasteiger partial charge in [0.15, 0.2) is 6.23 Å². The molecule has 1 saturated heterocycles. The molecule has 126 valence electrons. The topological polar surface area (TPSA) is 111 Å². The van der Waals surface area contributed by atoms with Gasteiger partial charge in [0.25, 0.3) is 0 Å². The first-order chi connectivity index (χ1) is 10.8. The fourth-order valence-electron chi connectivity index (χ4n) is 2.96. The summed E-state index contributed by atoms with van der Waals surface area (Å²) in [5.41, 5.74) is 2.73. The minimum atomic E-state index is -2.35. The summed E-state index contributed by atoms with van der Waals surface area (Å²) in [5, 5.41) is 19.4. The summed E-state index contributed by atoms with van der Waals surface area (Å²) in [6, 6.07) is 1.41. The summed E-state index contributed by atoms with van der Waals surface area (Å²) >= 11 is 0. The summed E-state index contributed by atoms with van der Waals surface area (Å²) in [6.45, 7) is 3.84. The molecule has 0 radical (unpaired) electrons. The van der Waals surface area contributed by atoms with Crippen LogP contribution in [0.15, 0.2) is 10.9 Å². The molecule has 1 aliphatic heterocycles. The van der Waals surface area contributed by atoms with E-state index in [4.69, 9.17) is 10.5 Å². The van der Waals surface area contributed by atoms with Gasteiger partial charge in [0.1, 0.15) is 5.82 Å². The van der Waals surface area contributed by atoms with Crippen molar-refractivity contribution in [1.29, 1.82) is 0 Å². The van der Waals surface area contributed by atoms with E-state index in [9.17, 15) is 15.0 Å². The van der Waals surface area contributed by atoms with Crippen molar-refractivity contribution in [3.63, 3.8) is 0 Å². The Hall–Kier alpha value is -1.95. The lowest BCUT2D eigenvalue weighted by Crippen LogP contribution is -2.44. The molecule has 7 nitrogen and oxygen atoms in total. The van der Waals surface area contributed by atoms with Crippen LogP contribution in [-0.4, -0.2) is 44.2 Å². The smallest absolute Gasteiger partial charge is 0.351 e. The van der Waals surface area contributed by atoms with Crippen molar-refractivity contribution in [1.82, 2.24) is 9.55 Å². The molecular weight excluding hydrogens is 305 g/mol. The van der Waals surface area contributed by atoms with Gasteiger partial charge in [0, 0.05) is 5.69 Å². The van der Waals surface area contributed by atoms with Crippen molar-refractivity contribution >= 4 is 5.82 Å². The predicted octanol–water partition coefficient (Wildman–Crippen LogP) is -0.248. The van der Waals surface area contributed by atoms with Gasteiger partial charge in [-0.05, 0) is 26.8 Å². The second kappa shape index (κ2) is 6.28. The monoisotopic (exact) mass is 325 g/mol. The predicted molar refractivity (Wildman–Crippen MR) is 81.1 cm³/mol. The lowest BCUT2D eigenvalue weighted by Gasteiger charge is -2.27. The molecule has 1 fully saturated rings. The molecule has 0 aliphatic carbocycles. The van der Waals surface area contributed by atoms with Gasteiger partial charge in [0.05, 0.1) is 24.7 Å². The Morgan fingerprint density at radius 3 is 2.78 bits per heavy atom. The maximum atomic E-state index is 15.6. The fourth-order valence-corrected chi connectivity index (χ4v) is 2.96. The minimum Gasteiger partial charge on any atom is -0.396 e. The first-order valence-corrected chi connectivity index (χ1v) is 7.19. The maximum Gasteiger partial charge on any atom is 0.351 e. The third-order valence-corrected chi connectivity index (χ3v) is 3.97. The van der Waals surface area contributed by atoms with Crippen molar-refractivity contribution < 1.29 is 19.3 Å². The number of aliphatic hydroxyl groups is 2. The molecule has 0 saturated carbocycles. The zero-order chi connectivity index (χ0) is 17.4. The summed E-state index contributed by atoms with van der Waals surface area (Å²) in [4.78, 5) is 15.8. The highest BCUT2D eigenvalue weighted by Gasteiger charge is 2.59. The number of alkyl halides is 1. The number of aromatic nitrogens is 2. The van der Waals surface area contributed by atoms with Gasteiger partial charge in [-0.1, -0.05) is 5.92 Å². The molecule has 0 aromatic carbocycles. The number of rotatable bonds is 3. The SMILES string of the molecule is CC#CC1(F)C(CO)[C@@H]([C@H](C)O)O[C@H]1n1c(C)cc(N)nc1=O. The van der Waals surface area contributed by atoms with Crippen LogP contribution < -0.4 is 11.4 Å². The van der Waals surface area contributed by atoms with E-state index in [0.29, 0.717) is 5.69 Å². The molecule has 0 amide bonds. The third-order valence-electron chi connectivity index (χ3n) is 3.97. The highest BCUT2D eigenvalue weighted by Crippen LogP contribution is 2.46. The molecule has 23 heavy (non-hydrogen) atoms. The maximum absolute atomic E-state index is 15.6. The molecule has 1 aromatic rings. The van der Waals surface area contributed by atoms with E-state index in [1.54, 1.807) is 6.92 Å². The highest BCUT2D eigenvalue weighted by atomic mass is 19.1. The van der Waals surface area contributed by atoms with Crippen molar-refractivity contribution in [3.8, 4) is 11.8 Å². The van der Waals surface area contributed by atoms with E-state index < -0.39 is 42.3 Å². The number of ether oxygens (including phenoxy) is 1. The van der Waals surface area contributed by atoms with Crippen LogP contribution in [0.4, 0.5) is 10.2 Å². The molecule has 2 unspecified atom stereocenters. The van der Waals surface area contributed by atoms with Crippen molar-refractivity contribution in [2.75, 3.05) is 12.3 Å². The number of nitrogens with zero attached hydrogens (tertiary/aromatic N) is 2. The van der Waals surface area contributed by atoms with Crippen LogP contribution >= 0.6 is 0 Å². The normalized spacial score (nSPS) is 31.5. The van der Waals surface area contributed by atoms with Gasteiger partial charge in [-0.2, -0.15) is 4.98 Å². The number of hydrogen-bond donors (Lipinski definition) is 3. The van der Waals surface area contributed by atoms with Crippen molar-refractivity contribution in [3.05, 3.63) is 22.2 Å². The summed E-state index contributed by atoms with van der Waals surface area (Å²) in [6.07, 6.45) is -3.50. The van der Waals surface area contributed by atoms with Crippen LogP contribution in [0.1, 0.15) is 25.8 Å². The first-order valence-electron chi connectivity index (χ1n) is 7.19. The molecule has 0 spiro atoms. The van der Waals surface area contributed by atoms with Crippen molar-refractivity contribution in [2.45, 2.75) is 44.9 Å². The summed E-state index contributed by atoms with van der Waals surface area (Å²) < 4.78 is 22.2. The van der Waals surface area contributed by atoms with Crippen LogP contribution in [0.3, 0.4) is 0 Å². The lowest BCUT2D eigenvalue weighted by atomic mass is 9.85. The van der Waals surface area contributed by atoms with Gasteiger partial charge >= 0.3 is 5.69 Å². The standard InChI is InChI=1S/C15H20FN3O4/c1-4-5-15(16)10(7-20)12(9(3)21)23-13(15)19-8(2)6-11(17)18-14(19)22/h6,9-10,12-13,20-21H,7H2,1-3H3,(H2,17,18,22)/t9-,10?,12+,13+,15?/m0/s1. The molecule has 1 aliphatic rings. The number of nitrogens with two attached hydrogens (primary N) is 1. The molecule has 8 heteroatoms. The molecule has 0 bridgehead atoms. The van der Waals surface area contributed by atoms with E-state index in [-0.39, 0.29) is 5.82 Å². The van der Waals surface area contributed by atoms with Crippen LogP contribution in [0, 0.1) is 24.7 Å². The van der Waals surface area contributed by atoms with Crippen LogP contribution in [0.25, 0.3) is 0 Å². The van der Waals surface area contributed by atoms with E-state index in [1.807, 2.05) is 0 Å². The Morgan fingerprint density at radius 2 is 2.30 bits per heavy atom. The average molecular weight is 325 g/mol. The van der Waals surface area contributed by atoms with Gasteiger partial charge in [-0.3, -0.25) is 4.57 Å². The van der Waals surface area contributed by atoms with Crippen LogP contribution in [0.5, 0.6) is 0 Å². The number of nitrogen functional groups attached to an aromatic ring is 1. The number of hydrogen-bond acceptors (Lipinski definition) is 6. The number of anilines is 1. The Morgan fingerprint density at radius 1 is 1.65 bits per heavy atom. The molecule has 2 rings (SSSR count). The number of halogens is 1. The number of aliphatic hydroxyl groups excluding tert-OH is 2. The van der Waals surface area contributed by atoms with E-state index in [2.05, 4.69) is 16.8 Å². The third kappa shape index (κ3) is 2.83. The van der Waals surface area contributed by atoms with Gasteiger partial charge in [-0.25, -0.2) is 9.18 Å². The van der Waals surface area contributed by atoms with Gasteiger partial charge in [-0.15, -0.1) is 5.92 Å². The van der Waals surface area contributed by atoms with E-state index in [1.165, 1.54) is 19.9 Å². The largest absolute Gasteiger partial charge is 0.396 e. The quantitative estimate of drug-likeness (QED) is 0.661. The Balaban J connectivity index is 2.64. The Kier molecular flexibility index (Phi) is 4.75. The fraction of sp³-hybridized carbons (Fsp3) is 0.600. The zero-order valence-corrected chi connectivity index (χ0v) is 13.2. The lowest BCUT2D eigenvalue weighted by molar-refractivity contribution is -0.0769. The average Bonchev–Trinajstić information content (AvgIpc) is 2.71. The van der Waals surface area contributed by atoms with Crippen LogP contribution in [-0.2, 0) is 4.74 Å². The second-order valence-corrected chi connectivity index (χ2v) is 5.60. The molecule has 1 aromatic heterocycles. The molecular formula is C15H20FN3O4. The summed E-state index contributed by atoms with van der Waals surface area (Å²) in [7, 11) is 0. The Labute approximate surface area is 132 Å². The molecule has 5 atom stereocenters.